The molecule has 0 heterocycles. The monoisotopic (exact) mass is 278 g/mol. The highest BCUT2D eigenvalue weighted by molar-refractivity contribution is 6.22. The maximum atomic E-state index is 13.6. The van der Waals surface area contributed by atoms with Crippen molar-refractivity contribution in [3.63, 3.8) is 0 Å². The lowest BCUT2D eigenvalue weighted by atomic mass is 10.0. The molecule has 1 unspecified atom stereocenters. The molecule has 100 valence electrons. The Labute approximate surface area is 118 Å². The summed E-state index contributed by atoms with van der Waals surface area (Å²) in [6.07, 6.45) is 0. The van der Waals surface area contributed by atoms with Crippen LogP contribution in [0.15, 0.2) is 36.4 Å². The Bertz CT molecular complexity index is 595. The van der Waals surface area contributed by atoms with E-state index in [1.54, 1.807) is 20.1 Å². The Hall–Kier alpha value is -1.54. The molecule has 0 aliphatic carbocycles. The van der Waals surface area contributed by atoms with Crippen LogP contribution in [0.2, 0.25) is 0 Å². The van der Waals surface area contributed by atoms with Gasteiger partial charge in [0.25, 0.3) is 0 Å². The van der Waals surface area contributed by atoms with E-state index in [2.05, 4.69) is 0 Å². The zero-order chi connectivity index (χ0) is 14.0. The van der Waals surface area contributed by atoms with E-state index < -0.39 is 5.38 Å². The van der Waals surface area contributed by atoms with Crippen LogP contribution in [0.4, 0.5) is 4.39 Å². The maximum Gasteiger partial charge on any atom is 0.126 e. The first-order chi connectivity index (χ1) is 9.02. The Balaban J connectivity index is 2.45. The van der Waals surface area contributed by atoms with Gasteiger partial charge in [-0.3, -0.25) is 0 Å². The highest BCUT2D eigenvalue weighted by Gasteiger charge is 2.17. The standard InChI is InChI=1S/C16H16ClFO/c1-10-4-7-15(19-3)13(8-10)16(17)12-6-5-11(2)14(18)9-12/h4-9,16H,1-3H3. The molecule has 0 radical (unpaired) electrons. The van der Waals surface area contributed by atoms with E-state index >= 15 is 0 Å². The molecular weight excluding hydrogens is 263 g/mol. The molecule has 1 nitrogen and oxygen atoms in total. The third-order valence-electron chi connectivity index (χ3n) is 3.15. The van der Waals surface area contributed by atoms with Gasteiger partial charge in [-0.2, -0.15) is 0 Å². The zero-order valence-corrected chi connectivity index (χ0v) is 12.0. The number of aryl methyl sites for hydroxylation is 2. The molecule has 0 saturated carbocycles. The molecule has 0 fully saturated rings. The molecule has 0 spiro atoms. The van der Waals surface area contributed by atoms with Crippen LogP contribution in [0, 0.1) is 19.7 Å². The van der Waals surface area contributed by atoms with Crippen LogP contribution in [-0.4, -0.2) is 7.11 Å². The van der Waals surface area contributed by atoms with Gasteiger partial charge in [0, 0.05) is 5.56 Å². The van der Waals surface area contributed by atoms with Crippen LogP contribution in [-0.2, 0) is 0 Å². The first-order valence-electron chi connectivity index (χ1n) is 6.07. The highest BCUT2D eigenvalue weighted by atomic mass is 35.5. The Morgan fingerprint density at radius 1 is 1.11 bits per heavy atom. The fourth-order valence-corrected chi connectivity index (χ4v) is 2.30. The largest absolute Gasteiger partial charge is 0.496 e. The molecule has 2 rings (SSSR count). The molecule has 0 bridgehead atoms. The molecule has 0 saturated heterocycles. The predicted molar refractivity (Wildman–Crippen MR) is 76.6 cm³/mol. The fraction of sp³-hybridized carbons (Fsp3) is 0.250. The van der Waals surface area contributed by atoms with Crippen molar-refractivity contribution in [1.82, 2.24) is 0 Å². The van der Waals surface area contributed by atoms with E-state index in [0.717, 1.165) is 16.7 Å². The number of alkyl halides is 1. The normalized spacial score (nSPS) is 12.3. The number of methoxy groups -OCH3 is 1. The van der Waals surface area contributed by atoms with Crippen molar-refractivity contribution >= 4 is 11.6 Å². The molecule has 0 amide bonds. The number of hydrogen-bond donors (Lipinski definition) is 0. The summed E-state index contributed by atoms with van der Waals surface area (Å²) in [5.41, 5.74) is 3.29. The fourth-order valence-electron chi connectivity index (χ4n) is 2.00. The Morgan fingerprint density at radius 2 is 1.84 bits per heavy atom. The van der Waals surface area contributed by atoms with Gasteiger partial charge in [-0.05, 0) is 37.1 Å². The van der Waals surface area contributed by atoms with Gasteiger partial charge in [-0.15, -0.1) is 11.6 Å². The van der Waals surface area contributed by atoms with E-state index in [1.807, 2.05) is 31.2 Å². The van der Waals surface area contributed by atoms with E-state index in [-0.39, 0.29) is 5.82 Å². The quantitative estimate of drug-likeness (QED) is 0.734. The van der Waals surface area contributed by atoms with E-state index in [9.17, 15) is 4.39 Å². The van der Waals surface area contributed by atoms with Crippen molar-refractivity contribution in [3.8, 4) is 5.75 Å². The minimum Gasteiger partial charge on any atom is -0.496 e. The summed E-state index contributed by atoms with van der Waals surface area (Å²) in [5.74, 6) is 0.473. The van der Waals surface area contributed by atoms with Gasteiger partial charge < -0.3 is 4.74 Å². The van der Waals surface area contributed by atoms with Gasteiger partial charge in [0.15, 0.2) is 0 Å². The van der Waals surface area contributed by atoms with Crippen molar-refractivity contribution in [2.45, 2.75) is 19.2 Å². The third kappa shape index (κ3) is 2.90. The lowest BCUT2D eigenvalue weighted by Crippen LogP contribution is -1.99. The van der Waals surface area contributed by atoms with E-state index in [0.29, 0.717) is 11.3 Å². The Kier molecular flexibility index (Phi) is 4.11. The van der Waals surface area contributed by atoms with Gasteiger partial charge in [0.2, 0.25) is 0 Å². The number of benzene rings is 2. The molecule has 2 aromatic rings. The van der Waals surface area contributed by atoms with Crippen LogP contribution in [0.1, 0.15) is 27.6 Å². The smallest absolute Gasteiger partial charge is 0.126 e. The molecule has 0 aliphatic rings. The summed E-state index contributed by atoms with van der Waals surface area (Å²) in [7, 11) is 1.60. The van der Waals surface area contributed by atoms with Gasteiger partial charge >= 0.3 is 0 Å². The minimum atomic E-state index is -0.426. The molecule has 2 aromatic carbocycles. The summed E-state index contributed by atoms with van der Waals surface area (Å²) in [4.78, 5) is 0. The third-order valence-corrected chi connectivity index (χ3v) is 3.63. The molecule has 1 atom stereocenters. The van der Waals surface area contributed by atoms with Crippen molar-refractivity contribution in [2.75, 3.05) is 7.11 Å². The van der Waals surface area contributed by atoms with Crippen molar-refractivity contribution in [1.29, 1.82) is 0 Å². The van der Waals surface area contributed by atoms with Crippen LogP contribution >= 0.6 is 11.6 Å². The van der Waals surface area contributed by atoms with E-state index in [4.69, 9.17) is 16.3 Å². The summed E-state index contributed by atoms with van der Waals surface area (Å²) in [5, 5.41) is -0.426. The lowest BCUT2D eigenvalue weighted by molar-refractivity contribution is 0.410. The first kappa shape index (κ1) is 13.9. The van der Waals surface area contributed by atoms with Crippen LogP contribution in [0.3, 0.4) is 0 Å². The van der Waals surface area contributed by atoms with Crippen LogP contribution < -0.4 is 4.74 Å². The van der Waals surface area contributed by atoms with Crippen LogP contribution in [0.5, 0.6) is 5.75 Å². The predicted octanol–water partition coefficient (Wildman–Crippen LogP) is 4.78. The second-order valence-corrected chi connectivity index (χ2v) is 5.05. The first-order valence-corrected chi connectivity index (χ1v) is 6.51. The van der Waals surface area contributed by atoms with Gasteiger partial charge in [-0.25, -0.2) is 4.39 Å². The minimum absolute atomic E-state index is 0.241. The summed E-state index contributed by atoms with van der Waals surface area (Å²) in [6.45, 7) is 3.72. The number of rotatable bonds is 3. The second kappa shape index (κ2) is 5.62. The lowest BCUT2D eigenvalue weighted by Gasteiger charge is -2.15. The summed E-state index contributed by atoms with van der Waals surface area (Å²) < 4.78 is 18.9. The SMILES string of the molecule is COc1ccc(C)cc1C(Cl)c1ccc(C)c(F)c1. The second-order valence-electron chi connectivity index (χ2n) is 4.62. The molecular formula is C16H16ClFO. The van der Waals surface area contributed by atoms with Crippen molar-refractivity contribution in [3.05, 3.63) is 64.5 Å². The highest BCUT2D eigenvalue weighted by Crippen LogP contribution is 2.36. The van der Waals surface area contributed by atoms with Crippen molar-refractivity contribution in [2.24, 2.45) is 0 Å². The van der Waals surface area contributed by atoms with Crippen LogP contribution in [0.25, 0.3) is 0 Å². The van der Waals surface area contributed by atoms with Crippen molar-refractivity contribution < 1.29 is 9.13 Å². The number of ether oxygens (including phenoxy) is 1. The average molecular weight is 279 g/mol. The maximum absolute atomic E-state index is 13.6. The topological polar surface area (TPSA) is 9.23 Å². The van der Waals surface area contributed by atoms with E-state index in [1.165, 1.54) is 6.07 Å². The van der Waals surface area contributed by atoms with Gasteiger partial charge in [-0.1, -0.05) is 29.8 Å². The zero-order valence-electron chi connectivity index (χ0n) is 11.2. The summed E-state index contributed by atoms with van der Waals surface area (Å²) in [6, 6.07) is 10.9. The molecule has 0 N–H and O–H groups in total. The van der Waals surface area contributed by atoms with Gasteiger partial charge in [0.1, 0.15) is 11.6 Å². The molecule has 0 aromatic heterocycles. The number of hydrogen-bond acceptors (Lipinski definition) is 1. The number of halogens is 2. The Morgan fingerprint density at radius 3 is 2.47 bits per heavy atom. The molecule has 0 aliphatic heterocycles. The summed E-state index contributed by atoms with van der Waals surface area (Å²) >= 11 is 6.47. The average Bonchev–Trinajstić information content (AvgIpc) is 2.41. The molecule has 19 heavy (non-hydrogen) atoms. The van der Waals surface area contributed by atoms with Gasteiger partial charge in [0.05, 0.1) is 12.5 Å². The molecule has 3 heteroatoms.